The first-order chi connectivity index (χ1) is 33.6. The molecule has 0 aliphatic carbocycles. The molecule has 0 radical (unpaired) electrons. The first-order valence-electron chi connectivity index (χ1n) is 23.6. The lowest BCUT2D eigenvalue weighted by Crippen LogP contribution is -2.55. The van der Waals surface area contributed by atoms with E-state index in [-0.39, 0.29) is 85.7 Å². The number of ether oxygens (including phenoxy) is 16. The predicted octanol–water partition coefficient (Wildman–Crippen LogP) is -2.81. The van der Waals surface area contributed by atoms with Crippen molar-refractivity contribution in [2.75, 3.05) is 231 Å². The van der Waals surface area contributed by atoms with Crippen LogP contribution in [-0.2, 0) is 95.4 Å². The van der Waals surface area contributed by atoms with Crippen molar-refractivity contribution in [2.24, 2.45) is 0 Å². The number of unbranched alkanes of at least 4 members (excludes halogenated alkanes) is 1. The first kappa shape index (κ1) is 63.7. The molecule has 0 unspecified atom stereocenters. The summed E-state index contributed by atoms with van der Waals surface area (Å²) in [6.45, 7) is 11.2. The van der Waals surface area contributed by atoms with Crippen LogP contribution in [0.15, 0.2) is 14.4 Å². The molecule has 0 amide bonds. The molecule has 3 N–H and O–H groups in total. The normalized spacial score (nSPS) is 11.7. The van der Waals surface area contributed by atoms with Gasteiger partial charge in [-0.1, -0.05) is 0 Å². The number of hydrogen-bond donors (Lipinski definition) is 3. The molecule has 25 nitrogen and oxygen atoms in total. The second-order valence-electron chi connectivity index (χ2n) is 14.0. The van der Waals surface area contributed by atoms with Gasteiger partial charge in [-0.05, 0) is 12.8 Å². The lowest BCUT2D eigenvalue weighted by atomic mass is 10.3. The molecule has 0 spiro atoms. The quantitative estimate of drug-likeness (QED) is 0.0556. The van der Waals surface area contributed by atoms with Gasteiger partial charge in [0.1, 0.15) is 0 Å². The van der Waals surface area contributed by atoms with Crippen molar-refractivity contribution < 1.29 is 91.1 Å². The van der Waals surface area contributed by atoms with E-state index < -0.39 is 17.1 Å². The molecule has 0 bridgehead atoms. The Hall–Kier alpha value is -2.35. The molecule has 1 rings (SSSR count). The fourth-order valence-corrected chi connectivity index (χ4v) is 5.40. The summed E-state index contributed by atoms with van der Waals surface area (Å²) >= 11 is 0. The van der Waals surface area contributed by atoms with E-state index in [0.717, 1.165) is 13.7 Å². The molecule has 1 aromatic rings. The molecule has 0 aromatic carbocycles. The van der Waals surface area contributed by atoms with Gasteiger partial charge in [0.15, 0.2) is 0 Å². The zero-order chi connectivity index (χ0) is 49.1. The van der Waals surface area contributed by atoms with Crippen LogP contribution in [-0.4, -0.2) is 260 Å². The fourth-order valence-electron chi connectivity index (χ4n) is 5.40. The van der Waals surface area contributed by atoms with Crippen LogP contribution in [0.25, 0.3) is 0 Å². The number of rotatable bonds is 56. The van der Waals surface area contributed by atoms with Crippen LogP contribution in [0.1, 0.15) is 12.8 Å². The second-order valence-corrected chi connectivity index (χ2v) is 14.0. The van der Waals surface area contributed by atoms with Crippen LogP contribution in [0, 0.1) is 0 Å². The Morgan fingerprint density at radius 1 is 0.221 bits per heavy atom. The molecule has 0 atom stereocenters. The molecule has 0 aliphatic rings. The summed E-state index contributed by atoms with van der Waals surface area (Å²) in [4.78, 5) is 40.2. The maximum atomic E-state index is 13.4. The SMILES string of the molecule is O=c1n(CCCCOCCOCCO)c(=O)n(CCOCCOCCOCCOCCOCCOCCOCCO)c(=O)n1CCOCCOCCOCCOCCOCCOCCOCCO. The van der Waals surface area contributed by atoms with E-state index >= 15 is 0 Å². The van der Waals surface area contributed by atoms with Crippen LogP contribution in [0.2, 0.25) is 0 Å². The predicted molar refractivity (Wildman–Crippen MR) is 243 cm³/mol. The number of aliphatic hydroxyl groups excluding tert-OH is 3. The molecule has 0 aliphatic heterocycles. The molecule has 1 aromatic heterocycles. The summed E-state index contributed by atoms with van der Waals surface area (Å²) in [6.07, 6.45) is 1.01. The largest absolute Gasteiger partial charge is 0.394 e. The molecule has 402 valence electrons. The highest BCUT2D eigenvalue weighted by Crippen LogP contribution is 1.94. The third-order valence-corrected chi connectivity index (χ3v) is 8.77. The summed E-state index contributed by atoms with van der Waals surface area (Å²) in [5, 5.41) is 26.1. The number of aliphatic hydroxyl groups is 3. The molecular weight excluding hydrogens is 910 g/mol. The van der Waals surface area contributed by atoms with Gasteiger partial charge in [0, 0.05) is 13.2 Å². The summed E-state index contributed by atoms with van der Waals surface area (Å²) in [6, 6.07) is 0. The zero-order valence-corrected chi connectivity index (χ0v) is 40.2. The van der Waals surface area contributed by atoms with Gasteiger partial charge in [-0.3, -0.25) is 0 Å². The third kappa shape index (κ3) is 38.4. The molecule has 68 heavy (non-hydrogen) atoms. The lowest BCUT2D eigenvalue weighted by Gasteiger charge is -2.14. The molecule has 1 heterocycles. The Morgan fingerprint density at radius 2 is 0.397 bits per heavy atom. The molecule has 0 fully saturated rings. The monoisotopic (exact) mass is 994 g/mol. The lowest BCUT2D eigenvalue weighted by molar-refractivity contribution is -0.0218. The van der Waals surface area contributed by atoms with Crippen LogP contribution in [0.5, 0.6) is 0 Å². The number of nitrogens with zero attached hydrogens (tertiary/aromatic N) is 3. The van der Waals surface area contributed by atoms with Gasteiger partial charge in [-0.2, -0.15) is 0 Å². The Kier molecular flexibility index (Phi) is 47.8. The second kappa shape index (κ2) is 51.0. The Balaban J connectivity index is 2.31. The summed E-state index contributed by atoms with van der Waals surface area (Å²) in [5.74, 6) is 0. The summed E-state index contributed by atoms with van der Waals surface area (Å²) < 4.78 is 89.8. The van der Waals surface area contributed by atoms with Gasteiger partial charge in [-0.25, -0.2) is 28.1 Å². The van der Waals surface area contributed by atoms with E-state index in [2.05, 4.69) is 0 Å². The minimum atomic E-state index is -0.755. The van der Waals surface area contributed by atoms with Crippen molar-refractivity contribution in [3.8, 4) is 0 Å². The van der Waals surface area contributed by atoms with Crippen molar-refractivity contribution in [3.63, 3.8) is 0 Å². The molecule has 25 heteroatoms. The highest BCUT2D eigenvalue weighted by atomic mass is 16.6. The Labute approximate surface area is 399 Å². The highest BCUT2D eigenvalue weighted by molar-refractivity contribution is 4.79. The average molecular weight is 994 g/mol. The first-order valence-corrected chi connectivity index (χ1v) is 23.6. The van der Waals surface area contributed by atoms with E-state index in [1.807, 2.05) is 0 Å². The highest BCUT2D eigenvalue weighted by Gasteiger charge is 2.15. The van der Waals surface area contributed by atoms with Crippen molar-refractivity contribution in [1.29, 1.82) is 0 Å². The van der Waals surface area contributed by atoms with Gasteiger partial charge in [0.2, 0.25) is 0 Å². The van der Waals surface area contributed by atoms with E-state index in [1.165, 1.54) is 0 Å². The van der Waals surface area contributed by atoms with E-state index in [9.17, 15) is 14.4 Å². The summed E-state index contributed by atoms with van der Waals surface area (Å²) in [5.41, 5.74) is -2.20. The Morgan fingerprint density at radius 3 is 0.618 bits per heavy atom. The third-order valence-electron chi connectivity index (χ3n) is 8.77. The minimum absolute atomic E-state index is 0.00673. The molecule has 0 saturated heterocycles. The van der Waals surface area contributed by atoms with Crippen LogP contribution in [0.4, 0.5) is 0 Å². The summed E-state index contributed by atoms with van der Waals surface area (Å²) in [7, 11) is 0. The van der Waals surface area contributed by atoms with Crippen molar-refractivity contribution in [1.82, 2.24) is 13.7 Å². The average Bonchev–Trinajstić information content (AvgIpc) is 3.34. The molecular formula is C43H83N3O22. The fraction of sp³-hybridized carbons (Fsp3) is 0.930. The van der Waals surface area contributed by atoms with Gasteiger partial charge in [0.25, 0.3) is 0 Å². The van der Waals surface area contributed by atoms with Crippen molar-refractivity contribution in [3.05, 3.63) is 31.5 Å². The number of aromatic nitrogens is 3. The van der Waals surface area contributed by atoms with E-state index in [4.69, 9.17) is 91.1 Å². The van der Waals surface area contributed by atoms with Crippen molar-refractivity contribution >= 4 is 0 Å². The van der Waals surface area contributed by atoms with Crippen LogP contribution in [0.3, 0.4) is 0 Å². The smallest absolute Gasteiger partial charge is 0.336 e. The van der Waals surface area contributed by atoms with Crippen LogP contribution >= 0.6 is 0 Å². The van der Waals surface area contributed by atoms with Gasteiger partial charge in [-0.15, -0.1) is 0 Å². The van der Waals surface area contributed by atoms with Gasteiger partial charge in [0.05, 0.1) is 238 Å². The topological polar surface area (TPSA) is 274 Å². The number of hydrogen-bond acceptors (Lipinski definition) is 22. The molecule has 0 saturated carbocycles. The zero-order valence-electron chi connectivity index (χ0n) is 40.2. The van der Waals surface area contributed by atoms with Crippen molar-refractivity contribution in [2.45, 2.75) is 32.5 Å². The maximum absolute atomic E-state index is 13.4. The van der Waals surface area contributed by atoms with Gasteiger partial charge >= 0.3 is 17.1 Å². The van der Waals surface area contributed by atoms with E-state index in [1.54, 1.807) is 0 Å². The maximum Gasteiger partial charge on any atom is 0.336 e. The van der Waals surface area contributed by atoms with E-state index in [0.29, 0.717) is 178 Å². The van der Waals surface area contributed by atoms with Crippen LogP contribution < -0.4 is 17.1 Å². The Bertz CT molecular complexity index is 1300. The van der Waals surface area contributed by atoms with Gasteiger partial charge < -0.3 is 91.1 Å². The minimum Gasteiger partial charge on any atom is -0.394 e. The standard InChI is InChI=1S/C43H83N3O22/c47-6-12-56-18-15-53-9-2-1-3-44-41(50)45(4-10-54-16-21-59-25-29-63-33-37-67-39-35-65-31-27-61-23-19-57-13-7-48)43(52)46(42(44)51)5-11-55-17-22-60-26-30-64-34-38-68-40-36-66-32-28-62-24-20-58-14-8-49/h47-49H,1-40H2.